The van der Waals surface area contributed by atoms with Gasteiger partial charge in [-0.2, -0.15) is 0 Å². The number of ether oxygens (including phenoxy) is 4. The van der Waals surface area contributed by atoms with Gasteiger partial charge in [0.05, 0.1) is 52.3 Å². The van der Waals surface area contributed by atoms with E-state index in [2.05, 4.69) is 29.9 Å². The molecule has 4 fully saturated rings. The highest BCUT2D eigenvalue weighted by molar-refractivity contribution is 5.69. The number of rotatable bonds is 6. The number of hydrogen-bond acceptors (Lipinski definition) is 18. The third kappa shape index (κ3) is 5.35. The van der Waals surface area contributed by atoms with Gasteiger partial charge in [-0.25, -0.2) is 19.9 Å². The van der Waals surface area contributed by atoms with Crippen molar-refractivity contribution in [1.82, 2.24) is 48.8 Å². The number of imidazole rings is 2. The predicted octanol–water partition coefficient (Wildman–Crippen LogP) is -5.65. The summed E-state index contributed by atoms with van der Waals surface area (Å²) in [6, 6.07) is 0. The number of aliphatic hydroxyl groups is 6. The lowest BCUT2D eigenvalue weighted by atomic mass is 10.1. The third-order valence-electron chi connectivity index (χ3n) is 9.49. The van der Waals surface area contributed by atoms with Crippen LogP contribution in [0.5, 0.6) is 0 Å². The lowest BCUT2D eigenvalue weighted by molar-refractivity contribution is -0.254. The molecule has 4 saturated heterocycles. The van der Waals surface area contributed by atoms with Crippen molar-refractivity contribution in [3.63, 3.8) is 0 Å². The standard InChI is InChI=1S/2C14H19N5O6/c2*20-5-8-10(21)11(22)14(25-8,18-1-3-24-4-2-18)19-7-17-9-12(19)15-6-16-13(9)23/h2*6-8,10-11,20-22H,1-5H2,(H,15,16,23)/t2*8-,10-,11-,14+/m11/s1. The zero-order valence-electron chi connectivity index (χ0n) is 26.6. The maximum absolute atomic E-state index is 12.0. The topological polar surface area (TPSA) is 292 Å². The van der Waals surface area contributed by atoms with Crippen molar-refractivity contribution in [3.8, 4) is 0 Å². The number of morpholine rings is 2. The minimum atomic E-state index is -1.55. The summed E-state index contributed by atoms with van der Waals surface area (Å²) in [5.74, 6) is -3.10. The lowest BCUT2D eigenvalue weighted by Crippen LogP contribution is -2.61. The second-order valence-electron chi connectivity index (χ2n) is 12.1. The molecule has 4 aromatic heterocycles. The van der Waals surface area contributed by atoms with Crippen LogP contribution in [-0.2, 0) is 30.6 Å². The molecule has 0 aromatic carbocycles. The average molecular weight is 707 g/mol. The van der Waals surface area contributed by atoms with Crippen LogP contribution in [0.4, 0.5) is 0 Å². The van der Waals surface area contributed by atoms with E-state index in [0.717, 1.165) is 0 Å². The molecule has 22 nitrogen and oxygen atoms in total. The summed E-state index contributed by atoms with van der Waals surface area (Å²) in [7, 11) is 0. The largest absolute Gasteiger partial charge is 0.394 e. The molecule has 0 unspecified atom stereocenters. The minimum Gasteiger partial charge on any atom is -0.394 e. The molecule has 0 amide bonds. The van der Waals surface area contributed by atoms with Crippen LogP contribution >= 0.6 is 0 Å². The van der Waals surface area contributed by atoms with Gasteiger partial charge in [0.2, 0.25) is 11.7 Å². The number of fused-ring (bicyclic) bond motifs is 2. The van der Waals surface area contributed by atoms with Crippen LogP contribution in [0.25, 0.3) is 22.3 Å². The van der Waals surface area contributed by atoms with Crippen molar-refractivity contribution in [2.24, 2.45) is 0 Å². The van der Waals surface area contributed by atoms with Gasteiger partial charge in [-0.3, -0.25) is 28.5 Å². The van der Waals surface area contributed by atoms with Crippen LogP contribution < -0.4 is 11.1 Å². The summed E-state index contributed by atoms with van der Waals surface area (Å²) in [5.41, 5.74) is -0.249. The molecule has 272 valence electrons. The fourth-order valence-corrected chi connectivity index (χ4v) is 7.02. The van der Waals surface area contributed by atoms with Crippen LogP contribution in [0.3, 0.4) is 0 Å². The van der Waals surface area contributed by atoms with Crippen LogP contribution in [0, 0.1) is 0 Å². The summed E-state index contributed by atoms with van der Waals surface area (Å²) in [5, 5.41) is 61.3. The molecule has 4 aliphatic rings. The molecule has 0 saturated carbocycles. The minimum absolute atomic E-state index is 0.0906. The van der Waals surface area contributed by atoms with Crippen molar-refractivity contribution < 1.29 is 49.6 Å². The highest BCUT2D eigenvalue weighted by atomic mass is 16.6. The van der Waals surface area contributed by atoms with Crippen molar-refractivity contribution >= 4 is 22.3 Å². The number of aromatic amines is 2. The number of aliphatic hydroxyl groups excluding tert-OH is 6. The van der Waals surface area contributed by atoms with Gasteiger partial charge in [-0.15, -0.1) is 0 Å². The number of H-pyrrole nitrogens is 2. The zero-order valence-corrected chi connectivity index (χ0v) is 26.6. The van der Waals surface area contributed by atoms with E-state index < -0.39 is 72.7 Å². The maximum Gasteiger partial charge on any atom is 0.278 e. The molecule has 0 aliphatic carbocycles. The molecule has 4 aromatic rings. The Hall–Kier alpha value is -3.78. The van der Waals surface area contributed by atoms with Gasteiger partial charge in [-0.05, 0) is 0 Å². The first-order valence-corrected chi connectivity index (χ1v) is 16.0. The average Bonchev–Trinajstić information content (AvgIpc) is 3.91. The van der Waals surface area contributed by atoms with E-state index in [0.29, 0.717) is 52.6 Å². The van der Waals surface area contributed by atoms with Crippen LogP contribution in [0.1, 0.15) is 0 Å². The molecule has 4 aliphatic heterocycles. The highest BCUT2D eigenvalue weighted by Crippen LogP contribution is 2.41. The van der Waals surface area contributed by atoms with E-state index in [4.69, 9.17) is 18.9 Å². The van der Waals surface area contributed by atoms with E-state index in [1.807, 2.05) is 0 Å². The van der Waals surface area contributed by atoms with E-state index >= 15 is 0 Å². The van der Waals surface area contributed by atoms with Crippen molar-refractivity contribution in [3.05, 3.63) is 46.0 Å². The highest BCUT2D eigenvalue weighted by Gasteiger charge is 2.61. The Kier molecular flexibility index (Phi) is 9.52. The molecule has 0 spiro atoms. The van der Waals surface area contributed by atoms with E-state index in [1.165, 1.54) is 34.4 Å². The van der Waals surface area contributed by atoms with Gasteiger partial charge >= 0.3 is 0 Å². The summed E-state index contributed by atoms with van der Waals surface area (Å²) >= 11 is 0. The van der Waals surface area contributed by atoms with E-state index in [-0.39, 0.29) is 22.3 Å². The van der Waals surface area contributed by atoms with Gasteiger partial charge in [0.1, 0.15) is 49.3 Å². The summed E-state index contributed by atoms with van der Waals surface area (Å²) in [4.78, 5) is 48.8. The van der Waals surface area contributed by atoms with Crippen LogP contribution in [-0.4, -0.2) is 182 Å². The first kappa shape index (κ1) is 34.7. The van der Waals surface area contributed by atoms with Gasteiger partial charge < -0.3 is 59.6 Å². The molecule has 22 heteroatoms. The number of hydrogen-bond donors (Lipinski definition) is 8. The second-order valence-corrected chi connectivity index (χ2v) is 12.1. The van der Waals surface area contributed by atoms with Gasteiger partial charge in [0.25, 0.3) is 11.1 Å². The Morgan fingerprint density at radius 2 is 1.04 bits per heavy atom. The monoisotopic (exact) mass is 706 g/mol. The Balaban J connectivity index is 0.000000157. The van der Waals surface area contributed by atoms with Crippen molar-refractivity contribution in [2.45, 2.75) is 48.3 Å². The van der Waals surface area contributed by atoms with Crippen molar-refractivity contribution in [1.29, 1.82) is 0 Å². The van der Waals surface area contributed by atoms with Gasteiger partial charge in [0.15, 0.2) is 22.3 Å². The molecule has 8 N–H and O–H groups in total. The number of nitrogens with one attached hydrogen (secondary N) is 2. The Labute approximate surface area is 281 Å². The molecular formula is C28H38N10O12. The Bertz CT molecular complexity index is 1770. The van der Waals surface area contributed by atoms with Gasteiger partial charge in [-0.1, -0.05) is 0 Å². The first-order chi connectivity index (χ1) is 24.2. The molecule has 8 atom stereocenters. The fraction of sp³-hybridized carbons (Fsp3) is 0.643. The Morgan fingerprint density at radius 3 is 1.38 bits per heavy atom. The lowest BCUT2D eigenvalue weighted by Gasteiger charge is -2.44. The molecular weight excluding hydrogens is 668 g/mol. The zero-order chi connectivity index (χ0) is 35.2. The van der Waals surface area contributed by atoms with Crippen molar-refractivity contribution in [2.75, 3.05) is 65.8 Å². The van der Waals surface area contributed by atoms with Crippen LogP contribution in [0.2, 0.25) is 0 Å². The molecule has 8 heterocycles. The third-order valence-corrected chi connectivity index (χ3v) is 9.49. The molecule has 0 bridgehead atoms. The molecule has 50 heavy (non-hydrogen) atoms. The Morgan fingerprint density at radius 1 is 0.660 bits per heavy atom. The fourth-order valence-electron chi connectivity index (χ4n) is 7.02. The smallest absolute Gasteiger partial charge is 0.278 e. The normalized spacial score (nSPS) is 34.0. The van der Waals surface area contributed by atoms with Crippen LogP contribution in [0.15, 0.2) is 34.9 Å². The summed E-state index contributed by atoms with van der Waals surface area (Å²) < 4.78 is 25.5. The second kappa shape index (κ2) is 13.7. The summed E-state index contributed by atoms with van der Waals surface area (Å²) in [6.45, 7) is 2.41. The predicted molar refractivity (Wildman–Crippen MR) is 165 cm³/mol. The first-order valence-electron chi connectivity index (χ1n) is 16.0. The van der Waals surface area contributed by atoms with E-state index in [9.17, 15) is 40.2 Å². The number of nitrogens with zero attached hydrogens (tertiary/aromatic N) is 8. The SMILES string of the molecule is O=c1[nH]cnc2c1ncn2[C@]1(N2CCOCC2)O[C@H](CO)[C@@H](O)[C@H]1O.O=c1[nH]cnc2c1ncn2[C@]1(N2CCOCC2)O[C@H](CO)[C@@H](O)[C@H]1O. The number of aromatic nitrogens is 8. The van der Waals surface area contributed by atoms with E-state index in [1.54, 1.807) is 9.80 Å². The van der Waals surface area contributed by atoms with Gasteiger partial charge in [0, 0.05) is 26.2 Å². The molecule has 8 rings (SSSR count). The molecule has 0 radical (unpaired) electrons. The summed E-state index contributed by atoms with van der Waals surface area (Å²) in [6.07, 6.45) is -2.22. The quantitative estimate of drug-likeness (QED) is 0.0927. The maximum atomic E-state index is 12.0.